The molecule has 120 valence electrons. The number of ether oxygens (including phenoxy) is 1. The van der Waals surface area contributed by atoms with Gasteiger partial charge in [0.2, 0.25) is 5.13 Å². The van der Waals surface area contributed by atoms with Crippen LogP contribution in [0.2, 0.25) is 0 Å². The topological polar surface area (TPSA) is 101 Å². The summed E-state index contributed by atoms with van der Waals surface area (Å²) in [5.74, 6) is -1.32. The molecule has 8 heteroatoms. The van der Waals surface area contributed by atoms with Crippen LogP contribution in [-0.2, 0) is 16.0 Å². The zero-order valence-corrected chi connectivity index (χ0v) is 13.2. The number of aromatic carboxylic acids is 1. The summed E-state index contributed by atoms with van der Waals surface area (Å²) in [6, 6.07) is 6.54. The van der Waals surface area contributed by atoms with Crippen LogP contribution in [0.3, 0.4) is 0 Å². The minimum absolute atomic E-state index is 0.165. The molecule has 1 aromatic carbocycles. The first-order valence-electron chi connectivity index (χ1n) is 6.82. The Bertz CT molecular complexity index is 727. The van der Waals surface area contributed by atoms with Gasteiger partial charge in [0.25, 0.3) is 0 Å². The highest BCUT2D eigenvalue weighted by molar-refractivity contribution is 7.15. The Hall–Kier alpha value is -2.74. The summed E-state index contributed by atoms with van der Waals surface area (Å²) >= 11 is 1.28. The van der Waals surface area contributed by atoms with Crippen LogP contribution in [-0.4, -0.2) is 34.9 Å². The molecule has 2 rings (SSSR count). The Morgan fingerprint density at radius 3 is 2.96 bits per heavy atom. The fraction of sp³-hybridized carbons (Fsp3) is 0.200. The molecule has 2 aromatic rings. The van der Waals surface area contributed by atoms with Gasteiger partial charge in [-0.25, -0.2) is 9.78 Å². The molecule has 0 aliphatic rings. The van der Waals surface area contributed by atoms with Crippen LogP contribution >= 0.6 is 11.3 Å². The van der Waals surface area contributed by atoms with Crippen LogP contribution in [0.15, 0.2) is 35.6 Å². The Kier molecular flexibility index (Phi) is 5.81. The van der Waals surface area contributed by atoms with Crippen LogP contribution in [0.5, 0.6) is 0 Å². The third kappa shape index (κ3) is 4.89. The molecular weight excluding hydrogens is 318 g/mol. The van der Waals surface area contributed by atoms with Crippen molar-refractivity contribution in [2.24, 2.45) is 5.10 Å². The fourth-order valence-corrected chi connectivity index (χ4v) is 2.50. The van der Waals surface area contributed by atoms with Crippen molar-refractivity contribution in [2.75, 3.05) is 12.0 Å². The van der Waals surface area contributed by atoms with E-state index in [-0.39, 0.29) is 18.0 Å². The zero-order valence-electron chi connectivity index (χ0n) is 12.4. The summed E-state index contributed by atoms with van der Waals surface area (Å²) < 4.78 is 4.86. The SMILES string of the molecule is CCOC(=O)Cc1cnc(N/N=C/c2ccccc2C(=O)O)s1. The first-order valence-corrected chi connectivity index (χ1v) is 7.63. The molecule has 0 fully saturated rings. The summed E-state index contributed by atoms with van der Waals surface area (Å²) in [5, 5.41) is 13.6. The molecule has 7 nitrogen and oxygen atoms in total. The van der Waals surface area contributed by atoms with Crippen molar-refractivity contribution in [2.45, 2.75) is 13.3 Å². The fourth-order valence-electron chi connectivity index (χ4n) is 1.76. The van der Waals surface area contributed by atoms with E-state index in [4.69, 9.17) is 9.84 Å². The summed E-state index contributed by atoms with van der Waals surface area (Å²) in [6.45, 7) is 2.09. The van der Waals surface area contributed by atoms with Crippen LogP contribution in [0.1, 0.15) is 27.7 Å². The van der Waals surface area contributed by atoms with Crippen LogP contribution in [0.25, 0.3) is 0 Å². The van der Waals surface area contributed by atoms with Gasteiger partial charge >= 0.3 is 11.9 Å². The second-order valence-electron chi connectivity index (χ2n) is 4.38. The number of anilines is 1. The number of hydrogen-bond acceptors (Lipinski definition) is 7. The van der Waals surface area contributed by atoms with Gasteiger partial charge in [-0.2, -0.15) is 5.10 Å². The number of thiazole rings is 1. The van der Waals surface area contributed by atoms with Gasteiger partial charge in [0.1, 0.15) is 0 Å². The lowest BCUT2D eigenvalue weighted by atomic mass is 10.1. The minimum atomic E-state index is -1.02. The maximum absolute atomic E-state index is 11.4. The van der Waals surface area contributed by atoms with Crippen molar-refractivity contribution < 1.29 is 19.4 Å². The molecule has 0 radical (unpaired) electrons. The lowest BCUT2D eigenvalue weighted by Gasteiger charge is -1.99. The smallest absolute Gasteiger partial charge is 0.336 e. The molecule has 0 saturated heterocycles. The number of nitrogens with one attached hydrogen (secondary N) is 1. The van der Waals surface area contributed by atoms with Crippen molar-refractivity contribution in [1.29, 1.82) is 0 Å². The van der Waals surface area contributed by atoms with Gasteiger partial charge in [0.05, 0.1) is 24.8 Å². The summed E-state index contributed by atoms with van der Waals surface area (Å²) in [7, 11) is 0. The Labute approximate surface area is 136 Å². The molecule has 0 spiro atoms. The first-order chi connectivity index (χ1) is 11.1. The van der Waals surface area contributed by atoms with Gasteiger partial charge < -0.3 is 9.84 Å². The number of carbonyl (C=O) groups is 2. The maximum atomic E-state index is 11.4. The van der Waals surface area contributed by atoms with E-state index in [1.165, 1.54) is 23.6 Å². The quantitative estimate of drug-likeness (QED) is 0.458. The van der Waals surface area contributed by atoms with E-state index in [0.717, 1.165) is 4.88 Å². The Morgan fingerprint density at radius 1 is 1.43 bits per heavy atom. The second kappa shape index (κ2) is 8.04. The number of carbonyl (C=O) groups excluding carboxylic acids is 1. The summed E-state index contributed by atoms with van der Waals surface area (Å²) in [4.78, 5) is 27.3. The highest BCUT2D eigenvalue weighted by Crippen LogP contribution is 2.19. The van der Waals surface area contributed by atoms with E-state index in [1.807, 2.05) is 0 Å². The van der Waals surface area contributed by atoms with E-state index in [1.54, 1.807) is 31.3 Å². The molecule has 0 amide bonds. The zero-order chi connectivity index (χ0) is 16.7. The number of carboxylic acids is 1. The van der Waals surface area contributed by atoms with Crippen LogP contribution in [0, 0.1) is 0 Å². The van der Waals surface area contributed by atoms with Gasteiger partial charge in [-0.3, -0.25) is 10.2 Å². The van der Waals surface area contributed by atoms with Crippen molar-refractivity contribution >= 4 is 34.6 Å². The Balaban J connectivity index is 1.98. The van der Waals surface area contributed by atoms with Gasteiger partial charge in [0, 0.05) is 16.6 Å². The van der Waals surface area contributed by atoms with E-state index in [0.29, 0.717) is 17.3 Å². The molecule has 2 N–H and O–H groups in total. The van der Waals surface area contributed by atoms with E-state index >= 15 is 0 Å². The normalized spacial score (nSPS) is 10.7. The molecular formula is C15H15N3O4S. The first kappa shape index (κ1) is 16.6. The monoisotopic (exact) mass is 333 g/mol. The largest absolute Gasteiger partial charge is 0.478 e. The summed E-state index contributed by atoms with van der Waals surface area (Å²) in [6.07, 6.45) is 3.15. The predicted molar refractivity (Wildman–Crippen MR) is 87.1 cm³/mol. The third-order valence-electron chi connectivity index (χ3n) is 2.73. The number of aromatic nitrogens is 1. The van der Waals surface area contributed by atoms with Gasteiger partial charge in [0.15, 0.2) is 0 Å². The van der Waals surface area contributed by atoms with E-state index in [2.05, 4.69) is 15.5 Å². The number of hydrazone groups is 1. The van der Waals surface area contributed by atoms with Crippen molar-refractivity contribution in [3.63, 3.8) is 0 Å². The molecule has 0 aliphatic carbocycles. The van der Waals surface area contributed by atoms with Gasteiger partial charge in [-0.15, -0.1) is 0 Å². The molecule has 0 atom stereocenters. The molecule has 0 bridgehead atoms. The molecule has 1 aromatic heterocycles. The lowest BCUT2D eigenvalue weighted by Crippen LogP contribution is -2.06. The summed E-state index contributed by atoms with van der Waals surface area (Å²) in [5.41, 5.74) is 3.37. The maximum Gasteiger partial charge on any atom is 0.336 e. The van der Waals surface area contributed by atoms with Crippen molar-refractivity contribution in [3.8, 4) is 0 Å². The average molecular weight is 333 g/mol. The molecule has 0 aliphatic heterocycles. The van der Waals surface area contributed by atoms with Gasteiger partial charge in [-0.05, 0) is 13.0 Å². The number of hydrogen-bond donors (Lipinski definition) is 2. The average Bonchev–Trinajstić information content (AvgIpc) is 2.95. The number of esters is 1. The minimum Gasteiger partial charge on any atom is -0.478 e. The molecule has 0 unspecified atom stereocenters. The van der Waals surface area contributed by atoms with Crippen LogP contribution < -0.4 is 5.43 Å². The highest BCUT2D eigenvalue weighted by atomic mass is 32.1. The second-order valence-corrected chi connectivity index (χ2v) is 5.49. The van der Waals surface area contributed by atoms with E-state index < -0.39 is 5.97 Å². The highest BCUT2D eigenvalue weighted by Gasteiger charge is 2.08. The molecule has 1 heterocycles. The van der Waals surface area contributed by atoms with Crippen LogP contribution in [0.4, 0.5) is 5.13 Å². The number of benzene rings is 1. The predicted octanol–water partition coefficient (Wildman–Crippen LogP) is 2.39. The van der Waals surface area contributed by atoms with Crippen molar-refractivity contribution in [1.82, 2.24) is 4.98 Å². The van der Waals surface area contributed by atoms with Crippen molar-refractivity contribution in [3.05, 3.63) is 46.5 Å². The number of carboxylic acid groups (broad SMARTS) is 1. The number of nitrogens with zero attached hydrogens (tertiary/aromatic N) is 2. The van der Waals surface area contributed by atoms with E-state index in [9.17, 15) is 9.59 Å². The molecule has 0 saturated carbocycles. The lowest BCUT2D eigenvalue weighted by molar-refractivity contribution is -0.142. The third-order valence-corrected chi connectivity index (χ3v) is 3.63. The standard InChI is InChI=1S/C15H15N3O4S/c1-2-22-13(19)7-11-9-16-15(23-11)18-17-8-10-5-3-4-6-12(10)14(20)21/h3-6,8-9H,2,7H2,1H3,(H,16,18)(H,20,21)/b17-8+. The Morgan fingerprint density at radius 2 is 2.22 bits per heavy atom. The van der Waals surface area contributed by atoms with Gasteiger partial charge in [-0.1, -0.05) is 29.5 Å². The number of rotatable bonds is 7. The molecule has 23 heavy (non-hydrogen) atoms.